The molecule has 72 valence electrons. The average Bonchev–Trinajstić information content (AvgIpc) is 2.00. The van der Waals surface area contributed by atoms with Crippen LogP contribution in [0.3, 0.4) is 0 Å². The summed E-state index contributed by atoms with van der Waals surface area (Å²) >= 11 is 0. The molecule has 0 heterocycles. The third-order valence-corrected chi connectivity index (χ3v) is 2.08. The van der Waals surface area contributed by atoms with Gasteiger partial charge < -0.3 is 11.5 Å². The van der Waals surface area contributed by atoms with Gasteiger partial charge in [-0.3, -0.25) is 0 Å². The number of rotatable bonds is 5. The van der Waals surface area contributed by atoms with E-state index in [2.05, 4.69) is 26.8 Å². The molecule has 0 aromatic heterocycles. The molecular weight excluding hydrogens is 148 g/mol. The monoisotopic (exact) mass is 170 g/mol. The van der Waals surface area contributed by atoms with Crippen molar-refractivity contribution < 1.29 is 0 Å². The van der Waals surface area contributed by atoms with Gasteiger partial charge in [0.2, 0.25) is 0 Å². The quantitative estimate of drug-likeness (QED) is 0.490. The van der Waals surface area contributed by atoms with E-state index in [0.717, 1.165) is 6.42 Å². The van der Waals surface area contributed by atoms with Crippen LogP contribution < -0.4 is 11.5 Å². The van der Waals surface area contributed by atoms with Crippen LogP contribution in [0.4, 0.5) is 0 Å². The molecule has 0 aliphatic rings. The van der Waals surface area contributed by atoms with Crippen molar-refractivity contribution in [3.05, 3.63) is 11.6 Å². The second kappa shape index (κ2) is 6.21. The van der Waals surface area contributed by atoms with Crippen molar-refractivity contribution in [2.24, 2.45) is 17.4 Å². The first-order valence-electron chi connectivity index (χ1n) is 4.74. The van der Waals surface area contributed by atoms with Crippen molar-refractivity contribution >= 4 is 0 Å². The lowest BCUT2D eigenvalue weighted by Crippen LogP contribution is -2.37. The smallest absolute Gasteiger partial charge is 0.0550 e. The Balaban J connectivity index is 3.74. The minimum absolute atomic E-state index is 0.185. The van der Waals surface area contributed by atoms with Crippen LogP contribution in [0, 0.1) is 5.92 Å². The van der Waals surface area contributed by atoms with Gasteiger partial charge in [-0.1, -0.05) is 31.9 Å². The van der Waals surface area contributed by atoms with Crippen molar-refractivity contribution in [3.63, 3.8) is 0 Å². The van der Waals surface area contributed by atoms with Gasteiger partial charge in [0.1, 0.15) is 0 Å². The lowest BCUT2D eigenvalue weighted by molar-refractivity contribution is 0.462. The lowest BCUT2D eigenvalue weighted by Gasteiger charge is -2.15. The first kappa shape index (κ1) is 11.7. The summed E-state index contributed by atoms with van der Waals surface area (Å²) in [4.78, 5) is 0. The summed E-state index contributed by atoms with van der Waals surface area (Å²) in [5, 5.41) is 0. The van der Waals surface area contributed by atoms with Gasteiger partial charge >= 0.3 is 0 Å². The molecule has 1 atom stereocenters. The van der Waals surface area contributed by atoms with Crippen LogP contribution in [-0.2, 0) is 0 Å². The molecule has 1 unspecified atom stereocenters. The molecule has 0 radical (unpaired) electrons. The maximum Gasteiger partial charge on any atom is 0.0550 e. The Morgan fingerprint density at radius 2 is 2.00 bits per heavy atom. The Morgan fingerprint density at radius 1 is 1.42 bits per heavy atom. The Morgan fingerprint density at radius 3 is 2.42 bits per heavy atom. The molecule has 0 saturated carbocycles. The number of nitrogens with two attached hydrogens (primary N) is 2. The summed E-state index contributed by atoms with van der Waals surface area (Å²) in [6, 6.07) is 0. The van der Waals surface area contributed by atoms with Crippen molar-refractivity contribution in [3.8, 4) is 0 Å². The zero-order chi connectivity index (χ0) is 9.56. The molecule has 0 aromatic rings. The van der Waals surface area contributed by atoms with Gasteiger partial charge in [-0.25, -0.2) is 0 Å². The standard InChI is InChI=1S/C10H22N2/c1-4-5-6-8(2)7-9(3)10(11)12/h6,9-10H,4-5,7,11-12H2,1-3H3/b8-6+. The fraction of sp³-hybridized carbons (Fsp3) is 0.800. The van der Waals surface area contributed by atoms with Gasteiger partial charge in [-0.05, 0) is 25.7 Å². The topological polar surface area (TPSA) is 52.0 Å². The number of hydrogen-bond acceptors (Lipinski definition) is 2. The predicted molar refractivity (Wildman–Crippen MR) is 54.6 cm³/mol. The van der Waals surface area contributed by atoms with Crippen LogP contribution in [0.2, 0.25) is 0 Å². The Labute approximate surface area is 76.0 Å². The summed E-state index contributed by atoms with van der Waals surface area (Å²) in [7, 11) is 0. The van der Waals surface area contributed by atoms with Crippen molar-refractivity contribution in [2.45, 2.75) is 46.2 Å². The SMILES string of the molecule is CCC/C=C(\C)CC(C)C(N)N. The molecule has 0 aliphatic carbocycles. The molecule has 2 nitrogen and oxygen atoms in total. The minimum Gasteiger partial charge on any atom is -0.316 e. The van der Waals surface area contributed by atoms with Crippen molar-refractivity contribution in [2.75, 3.05) is 0 Å². The van der Waals surface area contributed by atoms with Gasteiger partial charge in [-0.15, -0.1) is 0 Å². The predicted octanol–water partition coefficient (Wildman–Crippen LogP) is 2.00. The van der Waals surface area contributed by atoms with E-state index in [1.807, 2.05) is 0 Å². The maximum atomic E-state index is 5.56. The summed E-state index contributed by atoms with van der Waals surface area (Å²) in [5.74, 6) is 0.387. The molecular formula is C10H22N2. The van der Waals surface area contributed by atoms with Gasteiger partial charge in [0, 0.05) is 0 Å². The lowest BCUT2D eigenvalue weighted by atomic mass is 9.99. The molecule has 2 heteroatoms. The van der Waals surface area contributed by atoms with Gasteiger partial charge in [0.25, 0.3) is 0 Å². The summed E-state index contributed by atoms with van der Waals surface area (Å²) in [6.45, 7) is 6.42. The van der Waals surface area contributed by atoms with Crippen LogP contribution in [0.15, 0.2) is 11.6 Å². The molecule has 4 N–H and O–H groups in total. The Kier molecular flexibility index (Phi) is 6.03. The fourth-order valence-electron chi connectivity index (χ4n) is 1.12. The Hall–Kier alpha value is -0.340. The van der Waals surface area contributed by atoms with Crippen LogP contribution in [0.1, 0.15) is 40.0 Å². The minimum atomic E-state index is -0.185. The molecule has 0 aliphatic heterocycles. The van der Waals surface area contributed by atoms with E-state index < -0.39 is 0 Å². The highest BCUT2D eigenvalue weighted by atomic mass is 14.9. The fourth-order valence-corrected chi connectivity index (χ4v) is 1.12. The first-order chi connectivity index (χ1) is 5.57. The second-order valence-corrected chi connectivity index (χ2v) is 3.60. The van der Waals surface area contributed by atoms with E-state index in [4.69, 9.17) is 11.5 Å². The van der Waals surface area contributed by atoms with E-state index in [0.29, 0.717) is 5.92 Å². The maximum absolute atomic E-state index is 5.56. The Bertz CT molecular complexity index is 139. The van der Waals surface area contributed by atoms with E-state index in [9.17, 15) is 0 Å². The molecule has 0 rings (SSSR count). The zero-order valence-electron chi connectivity index (χ0n) is 8.51. The third-order valence-electron chi connectivity index (χ3n) is 2.08. The van der Waals surface area contributed by atoms with Crippen molar-refractivity contribution in [1.29, 1.82) is 0 Å². The van der Waals surface area contributed by atoms with Crippen molar-refractivity contribution in [1.82, 2.24) is 0 Å². The number of allylic oxidation sites excluding steroid dienone is 2. The number of unbranched alkanes of at least 4 members (excludes halogenated alkanes) is 1. The van der Waals surface area contributed by atoms with Gasteiger partial charge in [0.15, 0.2) is 0 Å². The van der Waals surface area contributed by atoms with E-state index in [1.54, 1.807) is 0 Å². The molecule has 0 saturated heterocycles. The van der Waals surface area contributed by atoms with Crippen LogP contribution in [0.5, 0.6) is 0 Å². The normalized spacial score (nSPS) is 15.3. The van der Waals surface area contributed by atoms with Crippen LogP contribution in [-0.4, -0.2) is 6.17 Å². The molecule has 0 fully saturated rings. The molecule has 12 heavy (non-hydrogen) atoms. The summed E-state index contributed by atoms with van der Waals surface area (Å²) in [6.07, 6.45) is 5.49. The van der Waals surface area contributed by atoms with E-state index >= 15 is 0 Å². The highest BCUT2D eigenvalue weighted by molar-refractivity contribution is 4.99. The molecule has 0 amide bonds. The molecule has 0 spiro atoms. The highest BCUT2D eigenvalue weighted by Crippen LogP contribution is 2.12. The highest BCUT2D eigenvalue weighted by Gasteiger charge is 2.07. The molecule has 0 bridgehead atoms. The first-order valence-corrected chi connectivity index (χ1v) is 4.74. The van der Waals surface area contributed by atoms with Gasteiger partial charge in [-0.2, -0.15) is 0 Å². The van der Waals surface area contributed by atoms with E-state index in [-0.39, 0.29) is 6.17 Å². The van der Waals surface area contributed by atoms with Crippen LogP contribution in [0.25, 0.3) is 0 Å². The molecule has 0 aromatic carbocycles. The summed E-state index contributed by atoms with van der Waals surface area (Å²) < 4.78 is 0. The van der Waals surface area contributed by atoms with E-state index in [1.165, 1.54) is 18.4 Å². The third kappa shape index (κ3) is 5.33. The van der Waals surface area contributed by atoms with Gasteiger partial charge in [0.05, 0.1) is 6.17 Å². The average molecular weight is 170 g/mol. The summed E-state index contributed by atoms with van der Waals surface area (Å²) in [5.41, 5.74) is 12.5. The van der Waals surface area contributed by atoms with Crippen LogP contribution >= 0.6 is 0 Å². The zero-order valence-corrected chi connectivity index (χ0v) is 8.51. The second-order valence-electron chi connectivity index (χ2n) is 3.60. The number of hydrogen-bond donors (Lipinski definition) is 2. The largest absolute Gasteiger partial charge is 0.316 e.